The molecule has 1 N–H and O–H groups in total. The standard InChI is InChI=1S/C20H15NO3/c1-10-8-11-6-7-14(22)18-16(11)13(9-10)21-19(18)12-4-3-5-15(24-2)17(12)20(21)23/h3-9,20,23H,1-2H3. The Bertz CT molecular complexity index is 1090. The lowest BCUT2D eigenvalue weighted by Crippen LogP contribution is -2.05. The first-order valence-corrected chi connectivity index (χ1v) is 7.88. The second-order valence-electron chi connectivity index (χ2n) is 6.33. The second-order valence-corrected chi connectivity index (χ2v) is 6.33. The molecule has 4 nitrogen and oxygen atoms in total. The molecule has 0 saturated carbocycles. The zero-order chi connectivity index (χ0) is 16.6. The predicted molar refractivity (Wildman–Crippen MR) is 92.4 cm³/mol. The molecule has 118 valence electrons. The Hall–Kier alpha value is -2.85. The minimum absolute atomic E-state index is 0.0204. The van der Waals surface area contributed by atoms with Crippen molar-refractivity contribution in [1.29, 1.82) is 0 Å². The fraction of sp³-hybridized carbons (Fsp3) is 0.150. The van der Waals surface area contributed by atoms with Gasteiger partial charge in [0.25, 0.3) is 0 Å². The number of allylic oxidation sites excluding steroid dienone is 1. The highest BCUT2D eigenvalue weighted by Gasteiger charge is 2.37. The first-order valence-electron chi connectivity index (χ1n) is 7.88. The van der Waals surface area contributed by atoms with Gasteiger partial charge in [-0.25, -0.2) is 0 Å². The number of ether oxygens (including phenoxy) is 1. The van der Waals surface area contributed by atoms with Gasteiger partial charge < -0.3 is 14.4 Å². The summed E-state index contributed by atoms with van der Waals surface area (Å²) in [4.78, 5) is 12.6. The third-order valence-corrected chi connectivity index (χ3v) is 4.98. The molecule has 0 radical (unpaired) electrons. The second kappa shape index (κ2) is 4.36. The Kier molecular flexibility index (Phi) is 2.47. The molecular weight excluding hydrogens is 302 g/mol. The van der Waals surface area contributed by atoms with Crippen LogP contribution in [0.5, 0.6) is 5.75 Å². The van der Waals surface area contributed by atoms with Crippen LogP contribution in [-0.4, -0.2) is 22.6 Å². The van der Waals surface area contributed by atoms with Gasteiger partial charge in [-0.3, -0.25) is 4.79 Å². The lowest BCUT2D eigenvalue weighted by molar-refractivity contribution is 0.104. The number of aromatic nitrogens is 1. The largest absolute Gasteiger partial charge is 0.496 e. The highest BCUT2D eigenvalue weighted by Crippen LogP contribution is 2.50. The third-order valence-electron chi connectivity index (χ3n) is 4.98. The highest BCUT2D eigenvalue weighted by atomic mass is 16.5. The average molecular weight is 317 g/mol. The number of aliphatic hydroxyl groups is 1. The Morgan fingerprint density at radius 3 is 2.83 bits per heavy atom. The molecule has 1 aliphatic carbocycles. The molecule has 0 saturated heterocycles. The maximum atomic E-state index is 12.6. The molecule has 1 atom stereocenters. The molecule has 0 fully saturated rings. The zero-order valence-electron chi connectivity index (χ0n) is 13.3. The van der Waals surface area contributed by atoms with Crippen molar-refractivity contribution in [3.63, 3.8) is 0 Å². The highest BCUT2D eigenvalue weighted by molar-refractivity contribution is 6.24. The third kappa shape index (κ3) is 1.44. The fourth-order valence-corrected chi connectivity index (χ4v) is 4.08. The Morgan fingerprint density at radius 1 is 1.21 bits per heavy atom. The monoisotopic (exact) mass is 317 g/mol. The van der Waals surface area contributed by atoms with Crippen LogP contribution in [0.2, 0.25) is 0 Å². The number of aliphatic hydroxyl groups excluding tert-OH is 1. The van der Waals surface area contributed by atoms with Crippen LogP contribution in [0, 0.1) is 6.92 Å². The van der Waals surface area contributed by atoms with Crippen molar-refractivity contribution in [2.24, 2.45) is 0 Å². The summed E-state index contributed by atoms with van der Waals surface area (Å²) in [7, 11) is 1.59. The maximum Gasteiger partial charge on any atom is 0.188 e. The summed E-state index contributed by atoms with van der Waals surface area (Å²) in [6.07, 6.45) is 2.62. The van der Waals surface area contributed by atoms with Gasteiger partial charge in [0.2, 0.25) is 0 Å². The number of benzene rings is 2. The van der Waals surface area contributed by atoms with Crippen molar-refractivity contribution in [3.05, 3.63) is 58.7 Å². The van der Waals surface area contributed by atoms with E-state index in [0.717, 1.165) is 38.9 Å². The first-order chi connectivity index (χ1) is 11.6. The van der Waals surface area contributed by atoms with Gasteiger partial charge in [-0.05, 0) is 36.3 Å². The summed E-state index contributed by atoms with van der Waals surface area (Å²) in [6.45, 7) is 2.02. The van der Waals surface area contributed by atoms with Crippen LogP contribution < -0.4 is 4.74 Å². The Labute approximate surface area is 138 Å². The average Bonchev–Trinajstić information content (AvgIpc) is 3.06. The van der Waals surface area contributed by atoms with Gasteiger partial charge in [-0.2, -0.15) is 0 Å². The summed E-state index contributed by atoms with van der Waals surface area (Å²) < 4.78 is 7.29. The van der Waals surface area contributed by atoms with Crippen LogP contribution in [0.25, 0.3) is 28.2 Å². The van der Waals surface area contributed by atoms with E-state index in [2.05, 4.69) is 6.07 Å². The van der Waals surface area contributed by atoms with Gasteiger partial charge in [-0.1, -0.05) is 24.3 Å². The number of aryl methyl sites for hydroxylation is 1. The van der Waals surface area contributed by atoms with E-state index in [1.54, 1.807) is 13.2 Å². The van der Waals surface area contributed by atoms with Gasteiger partial charge in [0.1, 0.15) is 5.75 Å². The van der Waals surface area contributed by atoms with E-state index >= 15 is 0 Å². The van der Waals surface area contributed by atoms with Crippen LogP contribution in [0.3, 0.4) is 0 Å². The van der Waals surface area contributed by atoms with Crippen LogP contribution >= 0.6 is 0 Å². The van der Waals surface area contributed by atoms with E-state index in [1.165, 1.54) is 0 Å². The van der Waals surface area contributed by atoms with E-state index in [1.807, 2.05) is 41.8 Å². The Morgan fingerprint density at radius 2 is 2.04 bits per heavy atom. The zero-order valence-corrected chi connectivity index (χ0v) is 13.3. The number of rotatable bonds is 1. The lowest BCUT2D eigenvalue weighted by Gasteiger charge is -2.14. The van der Waals surface area contributed by atoms with Crippen molar-refractivity contribution in [2.75, 3.05) is 7.11 Å². The molecule has 1 aliphatic heterocycles. The number of nitrogens with zero attached hydrogens (tertiary/aromatic N) is 1. The van der Waals surface area contributed by atoms with E-state index in [-0.39, 0.29) is 5.78 Å². The molecule has 24 heavy (non-hydrogen) atoms. The predicted octanol–water partition coefficient (Wildman–Crippen LogP) is 3.69. The molecule has 2 aliphatic rings. The molecule has 1 unspecified atom stereocenters. The number of fused-ring (bicyclic) bond motifs is 5. The van der Waals surface area contributed by atoms with Gasteiger partial charge in [0.05, 0.1) is 29.4 Å². The fourth-order valence-electron chi connectivity index (χ4n) is 4.08. The molecule has 5 rings (SSSR count). The number of methoxy groups -OCH3 is 1. The molecule has 1 aromatic heterocycles. The summed E-state index contributed by atoms with van der Waals surface area (Å²) in [5.74, 6) is 0.615. The van der Waals surface area contributed by atoms with Crippen LogP contribution in [0.15, 0.2) is 36.4 Å². The molecule has 4 heteroatoms. The summed E-state index contributed by atoms with van der Waals surface area (Å²) in [6, 6.07) is 9.76. The van der Waals surface area contributed by atoms with Crippen LogP contribution in [-0.2, 0) is 0 Å². The number of carbonyl (C=O) groups is 1. The maximum absolute atomic E-state index is 12.6. The molecule has 3 aromatic rings. The number of hydrogen-bond acceptors (Lipinski definition) is 3. The smallest absolute Gasteiger partial charge is 0.188 e. The quantitative estimate of drug-likeness (QED) is 0.745. The minimum atomic E-state index is -0.858. The van der Waals surface area contributed by atoms with Gasteiger partial charge in [-0.15, -0.1) is 0 Å². The molecule has 0 bridgehead atoms. The van der Waals surface area contributed by atoms with Crippen molar-refractivity contribution in [1.82, 2.24) is 4.57 Å². The summed E-state index contributed by atoms with van der Waals surface area (Å²) >= 11 is 0. The van der Waals surface area contributed by atoms with Crippen LogP contribution in [0.1, 0.15) is 33.3 Å². The summed E-state index contributed by atoms with van der Waals surface area (Å²) in [5, 5.41) is 11.9. The van der Waals surface area contributed by atoms with Crippen molar-refractivity contribution < 1.29 is 14.6 Å². The van der Waals surface area contributed by atoms with Gasteiger partial charge in [0.15, 0.2) is 12.0 Å². The van der Waals surface area contributed by atoms with Gasteiger partial charge >= 0.3 is 0 Å². The van der Waals surface area contributed by atoms with Crippen molar-refractivity contribution >= 4 is 22.8 Å². The minimum Gasteiger partial charge on any atom is -0.496 e. The SMILES string of the molecule is COc1cccc2c1C(O)n1c-2c2c3c(cc(C)cc31)C=CC2=O. The van der Waals surface area contributed by atoms with Crippen molar-refractivity contribution in [3.8, 4) is 17.0 Å². The van der Waals surface area contributed by atoms with Gasteiger partial charge in [0, 0.05) is 10.9 Å². The van der Waals surface area contributed by atoms with E-state index < -0.39 is 6.23 Å². The van der Waals surface area contributed by atoms with Crippen molar-refractivity contribution in [2.45, 2.75) is 13.2 Å². The Balaban J connectivity index is 2.00. The normalized spacial score (nSPS) is 17.3. The first kappa shape index (κ1) is 13.6. The number of ketones is 1. The molecular formula is C20H15NO3. The molecule has 0 amide bonds. The topological polar surface area (TPSA) is 51.5 Å². The lowest BCUT2D eigenvalue weighted by atomic mass is 9.92. The van der Waals surface area contributed by atoms with E-state index in [0.29, 0.717) is 11.3 Å². The van der Waals surface area contributed by atoms with E-state index in [4.69, 9.17) is 4.74 Å². The summed E-state index contributed by atoms with van der Waals surface area (Å²) in [5.41, 5.74) is 6.05. The molecule has 2 heterocycles. The molecule has 2 aromatic carbocycles. The number of hydrogen-bond donors (Lipinski definition) is 1. The van der Waals surface area contributed by atoms with Crippen LogP contribution in [0.4, 0.5) is 0 Å². The number of carbonyl (C=O) groups excluding carboxylic acids is 1. The van der Waals surface area contributed by atoms with E-state index in [9.17, 15) is 9.90 Å². The molecule has 0 spiro atoms.